The van der Waals surface area contributed by atoms with Gasteiger partial charge < -0.3 is 9.84 Å². The molecule has 0 heterocycles. The summed E-state index contributed by atoms with van der Waals surface area (Å²) < 4.78 is 29.8. The Kier molecular flexibility index (Phi) is 3.24. The Morgan fingerprint density at radius 3 is 2.47 bits per heavy atom. The van der Waals surface area contributed by atoms with Gasteiger partial charge in [0.15, 0.2) is 0 Å². The first-order valence-electron chi connectivity index (χ1n) is 4.17. The molecule has 0 saturated carbocycles. The van der Waals surface area contributed by atoms with Crippen LogP contribution >= 0.6 is 0 Å². The minimum atomic E-state index is -2.75. The van der Waals surface area contributed by atoms with Gasteiger partial charge in [-0.2, -0.15) is 0 Å². The molecule has 0 aliphatic carbocycles. The molecular formula is C10H10F2O3. The smallest absolute Gasteiger partial charge is 0.335 e. The monoisotopic (exact) mass is 216 g/mol. The molecule has 0 fully saturated rings. The van der Waals surface area contributed by atoms with Crippen molar-refractivity contribution in [3.63, 3.8) is 0 Å². The second-order valence-corrected chi connectivity index (χ2v) is 3.01. The molecule has 82 valence electrons. The number of rotatable bonds is 3. The molecule has 0 amide bonds. The maximum absolute atomic E-state index is 12.5. The standard InChI is InChI=1S/C10H10F2O3/c1-5-3-8(15-2)7(9(11)12)4-6(5)10(13)14/h3-4,9H,1-2H3,(H,13,14). The molecule has 5 heteroatoms. The number of carboxylic acids is 1. The van der Waals surface area contributed by atoms with E-state index in [-0.39, 0.29) is 11.3 Å². The molecular weight excluding hydrogens is 206 g/mol. The molecule has 0 bridgehead atoms. The third kappa shape index (κ3) is 2.23. The van der Waals surface area contributed by atoms with Gasteiger partial charge in [-0.15, -0.1) is 0 Å². The minimum Gasteiger partial charge on any atom is -0.496 e. The summed E-state index contributed by atoms with van der Waals surface area (Å²) in [6.45, 7) is 1.53. The summed E-state index contributed by atoms with van der Waals surface area (Å²) >= 11 is 0. The van der Waals surface area contributed by atoms with Gasteiger partial charge in [-0.3, -0.25) is 0 Å². The lowest BCUT2D eigenvalue weighted by atomic mass is 10.0. The van der Waals surface area contributed by atoms with Crippen molar-refractivity contribution in [2.45, 2.75) is 13.3 Å². The van der Waals surface area contributed by atoms with Crippen LogP contribution in [0.15, 0.2) is 12.1 Å². The van der Waals surface area contributed by atoms with Gasteiger partial charge in [0.05, 0.1) is 18.2 Å². The third-order valence-corrected chi connectivity index (χ3v) is 2.04. The highest BCUT2D eigenvalue weighted by Gasteiger charge is 2.18. The van der Waals surface area contributed by atoms with Crippen molar-refractivity contribution in [1.29, 1.82) is 0 Å². The van der Waals surface area contributed by atoms with Crippen molar-refractivity contribution < 1.29 is 23.4 Å². The molecule has 0 unspecified atom stereocenters. The van der Waals surface area contributed by atoms with E-state index in [0.29, 0.717) is 5.56 Å². The van der Waals surface area contributed by atoms with E-state index in [4.69, 9.17) is 9.84 Å². The molecule has 1 N–H and O–H groups in total. The second kappa shape index (κ2) is 4.25. The largest absolute Gasteiger partial charge is 0.496 e. The van der Waals surface area contributed by atoms with E-state index in [0.717, 1.165) is 6.07 Å². The minimum absolute atomic E-state index is 0.00694. The Bertz CT molecular complexity index is 388. The maximum Gasteiger partial charge on any atom is 0.335 e. The highest BCUT2D eigenvalue weighted by atomic mass is 19.3. The summed E-state index contributed by atoms with van der Waals surface area (Å²) in [7, 11) is 1.26. The molecule has 0 aliphatic rings. The van der Waals surface area contributed by atoms with Crippen LogP contribution in [0.4, 0.5) is 8.78 Å². The van der Waals surface area contributed by atoms with Gasteiger partial charge in [-0.1, -0.05) is 0 Å². The zero-order chi connectivity index (χ0) is 11.6. The number of alkyl halides is 2. The van der Waals surface area contributed by atoms with Crippen LogP contribution in [0.3, 0.4) is 0 Å². The normalized spacial score (nSPS) is 10.5. The van der Waals surface area contributed by atoms with Crippen LogP contribution < -0.4 is 4.74 Å². The number of ether oxygens (including phenoxy) is 1. The number of aromatic carboxylic acids is 1. The fourth-order valence-electron chi connectivity index (χ4n) is 1.28. The SMILES string of the molecule is COc1cc(C)c(C(=O)O)cc1C(F)F. The van der Waals surface area contributed by atoms with Gasteiger partial charge in [0.1, 0.15) is 5.75 Å². The molecule has 0 saturated heterocycles. The Labute approximate surface area is 85.3 Å². The zero-order valence-corrected chi connectivity index (χ0v) is 8.25. The molecule has 1 rings (SSSR count). The van der Waals surface area contributed by atoms with Crippen LogP contribution in [0.1, 0.15) is 27.9 Å². The first-order valence-corrected chi connectivity index (χ1v) is 4.17. The molecule has 1 aromatic rings. The first kappa shape index (κ1) is 11.4. The number of hydrogen-bond acceptors (Lipinski definition) is 2. The number of methoxy groups -OCH3 is 1. The van der Waals surface area contributed by atoms with Crippen LogP contribution in [-0.4, -0.2) is 18.2 Å². The summed E-state index contributed by atoms with van der Waals surface area (Å²) in [5.74, 6) is -1.22. The summed E-state index contributed by atoms with van der Waals surface area (Å²) in [5.41, 5.74) is -0.143. The number of benzene rings is 1. The quantitative estimate of drug-likeness (QED) is 0.844. The van der Waals surface area contributed by atoms with Gasteiger partial charge in [0.2, 0.25) is 0 Å². The fourth-order valence-corrected chi connectivity index (χ4v) is 1.28. The average Bonchev–Trinajstić information content (AvgIpc) is 2.16. The van der Waals surface area contributed by atoms with Crippen LogP contribution in [0, 0.1) is 6.92 Å². The van der Waals surface area contributed by atoms with E-state index in [1.165, 1.54) is 20.1 Å². The van der Waals surface area contributed by atoms with Gasteiger partial charge >= 0.3 is 5.97 Å². The Hall–Kier alpha value is -1.65. The lowest BCUT2D eigenvalue weighted by Crippen LogP contribution is -2.03. The molecule has 0 atom stereocenters. The number of halogens is 2. The summed E-state index contributed by atoms with van der Waals surface area (Å²) in [6, 6.07) is 2.24. The summed E-state index contributed by atoms with van der Waals surface area (Å²) in [5, 5.41) is 8.75. The van der Waals surface area contributed by atoms with Crippen LogP contribution in [0.2, 0.25) is 0 Å². The molecule has 15 heavy (non-hydrogen) atoms. The van der Waals surface area contributed by atoms with Gasteiger partial charge in [0, 0.05) is 0 Å². The highest BCUT2D eigenvalue weighted by Crippen LogP contribution is 2.31. The van der Waals surface area contributed by atoms with E-state index in [1.54, 1.807) is 0 Å². The van der Waals surface area contributed by atoms with E-state index >= 15 is 0 Å². The molecule has 3 nitrogen and oxygen atoms in total. The zero-order valence-electron chi connectivity index (χ0n) is 8.25. The van der Waals surface area contributed by atoms with E-state index < -0.39 is 18.0 Å². The third-order valence-electron chi connectivity index (χ3n) is 2.04. The topological polar surface area (TPSA) is 46.5 Å². The van der Waals surface area contributed by atoms with Gasteiger partial charge in [-0.25, -0.2) is 13.6 Å². The van der Waals surface area contributed by atoms with Crippen molar-refractivity contribution >= 4 is 5.97 Å². The van der Waals surface area contributed by atoms with Gasteiger partial charge in [0.25, 0.3) is 6.43 Å². The maximum atomic E-state index is 12.5. The van der Waals surface area contributed by atoms with Crippen LogP contribution in [0.5, 0.6) is 5.75 Å². The Balaban J connectivity index is 3.37. The lowest BCUT2D eigenvalue weighted by Gasteiger charge is -2.10. The van der Waals surface area contributed by atoms with E-state index in [1.807, 2.05) is 0 Å². The predicted octanol–water partition coefficient (Wildman–Crippen LogP) is 2.64. The first-order chi connectivity index (χ1) is 6.97. The Morgan fingerprint density at radius 2 is 2.07 bits per heavy atom. The number of carbonyl (C=O) groups is 1. The molecule has 0 radical (unpaired) electrons. The fraction of sp³-hybridized carbons (Fsp3) is 0.300. The average molecular weight is 216 g/mol. The van der Waals surface area contributed by atoms with E-state index in [2.05, 4.69) is 0 Å². The van der Waals surface area contributed by atoms with E-state index in [9.17, 15) is 13.6 Å². The summed E-state index contributed by atoms with van der Waals surface area (Å²) in [4.78, 5) is 10.7. The Morgan fingerprint density at radius 1 is 1.47 bits per heavy atom. The van der Waals surface area contributed by atoms with Crippen molar-refractivity contribution in [3.05, 3.63) is 28.8 Å². The number of aryl methyl sites for hydroxylation is 1. The summed E-state index contributed by atoms with van der Waals surface area (Å²) in [6.07, 6.45) is -2.75. The van der Waals surface area contributed by atoms with Crippen molar-refractivity contribution in [3.8, 4) is 5.75 Å². The van der Waals surface area contributed by atoms with Crippen molar-refractivity contribution in [1.82, 2.24) is 0 Å². The van der Waals surface area contributed by atoms with Gasteiger partial charge in [-0.05, 0) is 24.6 Å². The molecule has 0 aliphatic heterocycles. The molecule has 0 aromatic heterocycles. The number of hydrogen-bond donors (Lipinski definition) is 1. The van der Waals surface area contributed by atoms with Crippen molar-refractivity contribution in [2.24, 2.45) is 0 Å². The molecule has 1 aromatic carbocycles. The van der Waals surface area contributed by atoms with Crippen molar-refractivity contribution in [2.75, 3.05) is 7.11 Å². The predicted molar refractivity (Wildman–Crippen MR) is 49.6 cm³/mol. The second-order valence-electron chi connectivity index (χ2n) is 3.01. The molecule has 0 spiro atoms. The lowest BCUT2D eigenvalue weighted by molar-refractivity contribution is 0.0695. The highest BCUT2D eigenvalue weighted by molar-refractivity contribution is 5.90. The van der Waals surface area contributed by atoms with Crippen LogP contribution in [-0.2, 0) is 0 Å². The van der Waals surface area contributed by atoms with Crippen LogP contribution in [0.25, 0.3) is 0 Å². The number of carboxylic acid groups (broad SMARTS) is 1.